The Morgan fingerprint density at radius 1 is 1.30 bits per heavy atom. The summed E-state index contributed by atoms with van der Waals surface area (Å²) in [6.45, 7) is 6.21. The molecule has 7 heteroatoms. The summed E-state index contributed by atoms with van der Waals surface area (Å²) in [5.74, 6) is 0.0398. The Bertz CT molecular complexity index is 488. The quantitative estimate of drug-likeness (QED) is 0.815. The van der Waals surface area contributed by atoms with Crippen LogP contribution in [0.5, 0.6) is 0 Å². The average Bonchev–Trinajstić information content (AvgIpc) is 2.52. The molecule has 1 aliphatic rings. The number of carbonyl (C=O) groups excluding carboxylic acids is 1. The zero-order valence-corrected chi connectivity index (χ0v) is 15.4. The van der Waals surface area contributed by atoms with Crippen molar-refractivity contribution in [2.45, 2.75) is 19.4 Å². The zero-order valence-electron chi connectivity index (χ0n) is 13.7. The van der Waals surface area contributed by atoms with Gasteiger partial charge in [0.2, 0.25) is 0 Å². The molecule has 1 amide bonds. The molecular weight excluding hydrogens is 337 g/mol. The van der Waals surface area contributed by atoms with Gasteiger partial charge in [-0.15, -0.1) is 24.8 Å². The van der Waals surface area contributed by atoms with Gasteiger partial charge in [-0.05, 0) is 18.6 Å². The molecule has 132 valence electrons. The molecule has 5 nitrogen and oxygen atoms in total. The number of ether oxygens (including phenoxy) is 1. The number of piperazine rings is 1. The lowest BCUT2D eigenvalue weighted by molar-refractivity contribution is 0.0385. The van der Waals surface area contributed by atoms with Crippen molar-refractivity contribution in [1.82, 2.24) is 9.80 Å². The second kappa shape index (κ2) is 10.7. The smallest absolute Gasteiger partial charge is 0.256 e. The summed E-state index contributed by atoms with van der Waals surface area (Å²) >= 11 is 0. The number of nitrogen functional groups attached to an aromatic ring is 1. The van der Waals surface area contributed by atoms with Crippen LogP contribution in [0.2, 0.25) is 0 Å². The minimum absolute atomic E-state index is 0. The van der Waals surface area contributed by atoms with E-state index >= 15 is 0 Å². The van der Waals surface area contributed by atoms with Gasteiger partial charge in [-0.2, -0.15) is 0 Å². The minimum atomic E-state index is 0. The number of anilines is 1. The van der Waals surface area contributed by atoms with Gasteiger partial charge in [0.25, 0.3) is 5.91 Å². The molecule has 2 rings (SSSR count). The van der Waals surface area contributed by atoms with E-state index in [1.54, 1.807) is 19.2 Å². The second-order valence-electron chi connectivity index (χ2n) is 5.43. The Labute approximate surface area is 151 Å². The maximum Gasteiger partial charge on any atom is 0.256 e. The molecule has 0 aromatic heterocycles. The monoisotopic (exact) mass is 363 g/mol. The lowest BCUT2D eigenvalue weighted by atomic mass is 10.1. The topological polar surface area (TPSA) is 58.8 Å². The number of para-hydroxylation sites is 1. The second-order valence-corrected chi connectivity index (χ2v) is 5.43. The van der Waals surface area contributed by atoms with Gasteiger partial charge < -0.3 is 15.4 Å². The fraction of sp³-hybridized carbons (Fsp3) is 0.562. The molecule has 1 aromatic carbocycles. The van der Waals surface area contributed by atoms with Crippen molar-refractivity contribution in [3.63, 3.8) is 0 Å². The summed E-state index contributed by atoms with van der Waals surface area (Å²) < 4.78 is 5.16. The summed E-state index contributed by atoms with van der Waals surface area (Å²) in [5, 5.41) is 0. The van der Waals surface area contributed by atoms with E-state index in [-0.39, 0.29) is 30.7 Å². The molecule has 1 heterocycles. The van der Waals surface area contributed by atoms with E-state index in [0.717, 1.165) is 39.2 Å². The van der Waals surface area contributed by atoms with Gasteiger partial charge in [0.1, 0.15) is 0 Å². The number of methoxy groups -OCH3 is 1. The standard InChI is InChI=1S/C16H25N3O2.2ClH/c1-3-13-12-19(9-8-18(13)10-11-21-2)16(20)14-6-4-5-7-15(14)17;;/h4-7,13H,3,8-12,17H2,1-2H3;2*1H. The van der Waals surface area contributed by atoms with E-state index < -0.39 is 0 Å². The van der Waals surface area contributed by atoms with Crippen LogP contribution in [0.15, 0.2) is 24.3 Å². The van der Waals surface area contributed by atoms with Crippen molar-refractivity contribution in [1.29, 1.82) is 0 Å². The van der Waals surface area contributed by atoms with Crippen molar-refractivity contribution in [3.05, 3.63) is 29.8 Å². The molecule has 2 N–H and O–H groups in total. The third kappa shape index (κ3) is 5.53. The fourth-order valence-electron chi connectivity index (χ4n) is 2.83. The summed E-state index contributed by atoms with van der Waals surface area (Å²) in [6, 6.07) is 7.68. The number of carbonyl (C=O) groups is 1. The Hall–Kier alpha value is -1.01. The largest absolute Gasteiger partial charge is 0.398 e. The van der Waals surface area contributed by atoms with Gasteiger partial charge in [0.05, 0.1) is 12.2 Å². The van der Waals surface area contributed by atoms with Gasteiger partial charge in [-0.3, -0.25) is 9.69 Å². The lowest BCUT2D eigenvalue weighted by Gasteiger charge is -2.41. The molecule has 1 aromatic rings. The maximum absolute atomic E-state index is 12.6. The van der Waals surface area contributed by atoms with Gasteiger partial charge in [-0.1, -0.05) is 19.1 Å². The van der Waals surface area contributed by atoms with E-state index in [9.17, 15) is 4.79 Å². The molecule has 1 fully saturated rings. The number of hydrogen-bond acceptors (Lipinski definition) is 4. The normalized spacial score (nSPS) is 18.0. The lowest BCUT2D eigenvalue weighted by Crippen LogP contribution is -2.55. The molecule has 1 aliphatic heterocycles. The van der Waals surface area contributed by atoms with Crippen molar-refractivity contribution in [2.75, 3.05) is 45.6 Å². The molecule has 0 aliphatic carbocycles. The first-order valence-electron chi connectivity index (χ1n) is 7.54. The Morgan fingerprint density at radius 3 is 2.61 bits per heavy atom. The van der Waals surface area contributed by atoms with Crippen molar-refractivity contribution in [2.24, 2.45) is 0 Å². The van der Waals surface area contributed by atoms with Gasteiger partial charge in [-0.25, -0.2) is 0 Å². The Balaban J connectivity index is 0.00000242. The van der Waals surface area contributed by atoms with E-state index in [1.165, 1.54) is 0 Å². The van der Waals surface area contributed by atoms with E-state index in [2.05, 4.69) is 11.8 Å². The predicted molar refractivity (Wildman–Crippen MR) is 98.8 cm³/mol. The summed E-state index contributed by atoms with van der Waals surface area (Å²) in [6.07, 6.45) is 1.03. The molecular formula is C16H27Cl2N3O2. The number of hydrogen-bond donors (Lipinski definition) is 1. The Morgan fingerprint density at radius 2 is 2.00 bits per heavy atom. The molecule has 0 spiro atoms. The highest BCUT2D eigenvalue weighted by atomic mass is 35.5. The van der Waals surface area contributed by atoms with Crippen LogP contribution in [0.4, 0.5) is 5.69 Å². The van der Waals surface area contributed by atoms with Crippen LogP contribution in [0.3, 0.4) is 0 Å². The highest BCUT2D eigenvalue weighted by Gasteiger charge is 2.29. The van der Waals surface area contributed by atoms with E-state index in [1.807, 2.05) is 17.0 Å². The SMILES string of the molecule is CCC1CN(C(=O)c2ccccc2N)CCN1CCOC.Cl.Cl. The third-order valence-electron chi connectivity index (χ3n) is 4.14. The van der Waals surface area contributed by atoms with Crippen LogP contribution in [0.1, 0.15) is 23.7 Å². The van der Waals surface area contributed by atoms with Crippen molar-refractivity contribution < 1.29 is 9.53 Å². The van der Waals surface area contributed by atoms with Gasteiger partial charge in [0, 0.05) is 45.0 Å². The van der Waals surface area contributed by atoms with Crippen molar-refractivity contribution in [3.8, 4) is 0 Å². The van der Waals surface area contributed by atoms with Crippen molar-refractivity contribution >= 4 is 36.4 Å². The average molecular weight is 364 g/mol. The first-order valence-corrected chi connectivity index (χ1v) is 7.54. The minimum Gasteiger partial charge on any atom is -0.398 e. The number of nitrogens with zero attached hydrogens (tertiary/aromatic N) is 2. The van der Waals surface area contributed by atoms with Crippen LogP contribution in [0.25, 0.3) is 0 Å². The van der Waals surface area contributed by atoms with Crippen LogP contribution in [-0.2, 0) is 4.74 Å². The molecule has 0 saturated carbocycles. The number of rotatable bonds is 5. The van der Waals surface area contributed by atoms with Crippen LogP contribution in [0, 0.1) is 0 Å². The Kier molecular flexibility index (Phi) is 10.2. The molecule has 23 heavy (non-hydrogen) atoms. The maximum atomic E-state index is 12.6. The molecule has 0 bridgehead atoms. The fourth-order valence-corrected chi connectivity index (χ4v) is 2.83. The molecule has 1 atom stereocenters. The number of benzene rings is 1. The third-order valence-corrected chi connectivity index (χ3v) is 4.14. The predicted octanol–water partition coefficient (Wildman–Crippen LogP) is 2.30. The van der Waals surface area contributed by atoms with Crippen LogP contribution in [-0.4, -0.2) is 61.6 Å². The summed E-state index contributed by atoms with van der Waals surface area (Å²) in [7, 11) is 1.72. The highest BCUT2D eigenvalue weighted by molar-refractivity contribution is 5.99. The number of nitrogens with two attached hydrogens (primary N) is 1. The summed E-state index contributed by atoms with van der Waals surface area (Å²) in [4.78, 5) is 16.9. The van der Waals surface area contributed by atoms with Gasteiger partial charge >= 0.3 is 0 Å². The molecule has 1 unspecified atom stereocenters. The van der Waals surface area contributed by atoms with E-state index in [4.69, 9.17) is 10.5 Å². The van der Waals surface area contributed by atoms with Crippen LogP contribution >= 0.6 is 24.8 Å². The van der Waals surface area contributed by atoms with E-state index in [0.29, 0.717) is 17.3 Å². The highest BCUT2D eigenvalue weighted by Crippen LogP contribution is 2.18. The van der Waals surface area contributed by atoms with Gasteiger partial charge in [0.15, 0.2) is 0 Å². The molecule has 1 saturated heterocycles. The summed E-state index contributed by atoms with van der Waals surface area (Å²) in [5.41, 5.74) is 7.08. The van der Waals surface area contributed by atoms with Crippen LogP contribution < -0.4 is 5.73 Å². The number of amides is 1. The first kappa shape index (κ1) is 22.0. The number of halogens is 2. The first-order chi connectivity index (χ1) is 10.2. The zero-order chi connectivity index (χ0) is 15.2. The molecule has 0 radical (unpaired) electrons.